The molecule has 2 aromatic heterocycles. The van der Waals surface area contributed by atoms with Crippen LogP contribution in [0.2, 0.25) is 0 Å². The highest BCUT2D eigenvalue weighted by Gasteiger charge is 2.39. The molecule has 0 radical (unpaired) electrons. The zero-order chi connectivity index (χ0) is 34.2. The number of benzene rings is 2. The lowest BCUT2D eigenvalue weighted by molar-refractivity contribution is -0.139. The third-order valence-corrected chi connectivity index (χ3v) is 9.16. The largest absolute Gasteiger partial charge is 0.492 e. The number of esters is 1. The fourth-order valence-corrected chi connectivity index (χ4v) is 6.46. The van der Waals surface area contributed by atoms with E-state index in [2.05, 4.69) is 36.9 Å². The smallest absolute Gasteiger partial charge is 0.328 e. The summed E-state index contributed by atoms with van der Waals surface area (Å²) >= 11 is 0. The van der Waals surface area contributed by atoms with Crippen LogP contribution in [0, 0.1) is 0 Å². The number of nitrogens with zero attached hydrogens (tertiary/aromatic N) is 5. The molecule has 0 bridgehead atoms. The van der Waals surface area contributed by atoms with Gasteiger partial charge in [0.15, 0.2) is 11.5 Å². The predicted molar refractivity (Wildman–Crippen MR) is 183 cm³/mol. The van der Waals surface area contributed by atoms with Gasteiger partial charge in [-0.1, -0.05) is 36.4 Å². The molecule has 14 nitrogen and oxygen atoms in total. The van der Waals surface area contributed by atoms with Gasteiger partial charge in [-0.05, 0) is 41.7 Å². The minimum Gasteiger partial charge on any atom is -0.492 e. The summed E-state index contributed by atoms with van der Waals surface area (Å²) in [5.41, 5.74) is 9.48. The number of hydrogen-bond acceptors (Lipinski definition) is 12. The first kappa shape index (κ1) is 34.4. The lowest BCUT2D eigenvalue weighted by atomic mass is 9.89. The molecule has 2 aromatic carbocycles. The molecule has 0 saturated carbocycles. The molecule has 0 aliphatic carbocycles. The molecule has 3 N–H and O–H groups in total. The van der Waals surface area contributed by atoms with E-state index in [4.69, 9.17) is 29.4 Å². The molecule has 2 aliphatic heterocycles. The summed E-state index contributed by atoms with van der Waals surface area (Å²) in [6.07, 6.45) is 2.18. The lowest BCUT2D eigenvalue weighted by Gasteiger charge is -2.47. The summed E-state index contributed by atoms with van der Waals surface area (Å²) in [5, 5.41) is 0. The number of methoxy groups -OCH3 is 2. The Hall–Kier alpha value is -4.50. The van der Waals surface area contributed by atoms with Crippen molar-refractivity contribution in [2.75, 3.05) is 79.1 Å². The number of piperidine rings is 1. The SMILES string of the molecule is COCCOc1nc(N)c2[nH]c(=O)n(Cc3ccc(CN4CCC5(CC4)CN(CCOc4cccc(CC(=O)OC)c4)CCO5)cc3)c2n1. The van der Waals surface area contributed by atoms with E-state index in [1.807, 2.05) is 36.4 Å². The summed E-state index contributed by atoms with van der Waals surface area (Å²) in [5.74, 6) is 0.651. The van der Waals surface area contributed by atoms with Crippen molar-refractivity contribution in [3.05, 3.63) is 75.7 Å². The Kier molecular flexibility index (Phi) is 11.1. The number of rotatable bonds is 14. The highest BCUT2D eigenvalue weighted by Crippen LogP contribution is 2.31. The minimum atomic E-state index is -0.311. The zero-order valence-corrected chi connectivity index (χ0v) is 28.2. The van der Waals surface area contributed by atoms with Crippen LogP contribution in [0.1, 0.15) is 29.5 Å². The highest BCUT2D eigenvalue weighted by molar-refractivity contribution is 5.82. The number of nitrogen functional groups attached to an aromatic ring is 1. The van der Waals surface area contributed by atoms with Gasteiger partial charge >= 0.3 is 17.7 Å². The Morgan fingerprint density at radius 3 is 2.47 bits per heavy atom. The van der Waals surface area contributed by atoms with Crippen LogP contribution >= 0.6 is 0 Å². The fourth-order valence-electron chi connectivity index (χ4n) is 6.46. The summed E-state index contributed by atoms with van der Waals surface area (Å²) < 4.78 is 29.3. The molecule has 6 rings (SSSR count). The van der Waals surface area contributed by atoms with Crippen LogP contribution in [0.5, 0.6) is 11.8 Å². The van der Waals surface area contributed by atoms with Gasteiger partial charge in [0.2, 0.25) is 0 Å². The van der Waals surface area contributed by atoms with Gasteiger partial charge in [0.25, 0.3) is 0 Å². The second-order valence-electron chi connectivity index (χ2n) is 12.6. The summed E-state index contributed by atoms with van der Waals surface area (Å²) in [6, 6.07) is 16.0. The van der Waals surface area contributed by atoms with Gasteiger partial charge in [0, 0.05) is 46.4 Å². The number of ether oxygens (including phenoxy) is 5. The molecule has 0 unspecified atom stereocenters. The van der Waals surface area contributed by atoms with Gasteiger partial charge in [0.05, 0.1) is 38.9 Å². The first-order valence-electron chi connectivity index (χ1n) is 16.7. The number of aromatic nitrogens is 4. The number of nitrogens with two attached hydrogens (primary N) is 1. The van der Waals surface area contributed by atoms with Crippen molar-refractivity contribution in [2.45, 2.75) is 38.0 Å². The number of nitrogens with one attached hydrogen (secondary N) is 1. The number of likely N-dealkylation sites (tertiary alicyclic amines) is 1. The first-order valence-corrected chi connectivity index (χ1v) is 16.7. The van der Waals surface area contributed by atoms with E-state index in [9.17, 15) is 9.59 Å². The zero-order valence-electron chi connectivity index (χ0n) is 28.2. The van der Waals surface area contributed by atoms with Crippen molar-refractivity contribution in [3.8, 4) is 11.8 Å². The number of H-pyrrole nitrogens is 1. The summed E-state index contributed by atoms with van der Waals surface area (Å²) in [7, 11) is 2.98. The Balaban J connectivity index is 0.978. The molecule has 4 aromatic rings. The maximum atomic E-state index is 12.8. The van der Waals surface area contributed by atoms with Crippen LogP contribution < -0.4 is 20.9 Å². The topological polar surface area (TPSA) is 159 Å². The number of anilines is 1. The number of fused-ring (bicyclic) bond motifs is 1. The number of imidazole rings is 1. The lowest BCUT2D eigenvalue weighted by Crippen LogP contribution is -2.57. The molecule has 2 aliphatic rings. The van der Waals surface area contributed by atoms with Gasteiger partial charge in [-0.15, -0.1) is 0 Å². The van der Waals surface area contributed by atoms with Gasteiger partial charge in [-0.2, -0.15) is 9.97 Å². The molecule has 4 heterocycles. The molecule has 1 spiro atoms. The average Bonchev–Trinajstić information content (AvgIpc) is 3.42. The quantitative estimate of drug-likeness (QED) is 0.149. The maximum Gasteiger partial charge on any atom is 0.328 e. The Morgan fingerprint density at radius 2 is 1.71 bits per heavy atom. The van der Waals surface area contributed by atoms with E-state index < -0.39 is 0 Å². The number of aromatic amines is 1. The number of hydrogen-bond donors (Lipinski definition) is 2. The predicted octanol–water partition coefficient (Wildman–Crippen LogP) is 2.24. The molecule has 262 valence electrons. The second kappa shape index (κ2) is 15.8. The molecule has 2 fully saturated rings. The van der Waals surface area contributed by atoms with Crippen LogP contribution in [-0.2, 0) is 38.5 Å². The van der Waals surface area contributed by atoms with Gasteiger partial charge in [-0.25, -0.2) is 4.79 Å². The van der Waals surface area contributed by atoms with Gasteiger partial charge in [0.1, 0.15) is 24.5 Å². The second-order valence-corrected chi connectivity index (χ2v) is 12.6. The summed E-state index contributed by atoms with van der Waals surface area (Å²) in [4.78, 5) is 40.6. The van der Waals surface area contributed by atoms with E-state index >= 15 is 0 Å². The molecule has 2 saturated heterocycles. The molecule has 49 heavy (non-hydrogen) atoms. The summed E-state index contributed by atoms with van der Waals surface area (Å²) in [6.45, 7) is 7.64. The monoisotopic (exact) mass is 675 g/mol. The third kappa shape index (κ3) is 8.76. The van der Waals surface area contributed by atoms with Crippen molar-refractivity contribution in [2.24, 2.45) is 0 Å². The normalized spacial score (nSPS) is 16.6. The van der Waals surface area contributed by atoms with E-state index in [1.165, 1.54) is 12.7 Å². The van der Waals surface area contributed by atoms with Crippen LogP contribution in [-0.4, -0.2) is 114 Å². The highest BCUT2D eigenvalue weighted by atomic mass is 16.5. The number of morpholine rings is 1. The van der Waals surface area contributed by atoms with Gasteiger partial charge < -0.3 is 34.4 Å². The Morgan fingerprint density at radius 1 is 0.939 bits per heavy atom. The Labute approximate surface area is 285 Å². The number of carbonyl (C=O) groups excluding carboxylic acids is 1. The van der Waals surface area contributed by atoms with Gasteiger partial charge in [-0.3, -0.25) is 19.2 Å². The minimum absolute atomic E-state index is 0.102. The maximum absolute atomic E-state index is 12.8. The van der Waals surface area contributed by atoms with Crippen molar-refractivity contribution in [3.63, 3.8) is 0 Å². The van der Waals surface area contributed by atoms with E-state index in [-0.39, 0.29) is 42.1 Å². The third-order valence-electron chi connectivity index (χ3n) is 9.16. The number of carbonyl (C=O) groups is 1. The standard InChI is InChI=1S/C35H45N7O7/c1-45-18-19-48-33-38-31(36)30-32(39-33)42(34(44)37-30)23-26-8-6-25(7-9-26)22-40-12-10-35(11-13-40)24-41(15-17-49-35)14-16-47-28-5-3-4-27(20-28)21-29(43)46-2/h3-9,20H,10-19,21-24H2,1-2H3,(H,37,44)(H2,36,38,39). The van der Waals surface area contributed by atoms with Crippen LogP contribution in [0.25, 0.3) is 11.2 Å². The van der Waals surface area contributed by atoms with Crippen LogP contribution in [0.15, 0.2) is 53.3 Å². The van der Waals surface area contributed by atoms with Crippen molar-refractivity contribution in [1.29, 1.82) is 0 Å². The van der Waals surface area contributed by atoms with E-state index in [0.29, 0.717) is 30.9 Å². The Bertz CT molecular complexity index is 1770. The molecule has 14 heteroatoms. The molecule has 0 amide bonds. The molecular formula is C35H45N7O7. The van der Waals surface area contributed by atoms with E-state index in [0.717, 1.165) is 75.6 Å². The first-order chi connectivity index (χ1) is 23.8. The van der Waals surface area contributed by atoms with Crippen molar-refractivity contribution in [1.82, 2.24) is 29.3 Å². The molecule has 0 atom stereocenters. The van der Waals surface area contributed by atoms with Crippen LogP contribution in [0.4, 0.5) is 5.82 Å². The van der Waals surface area contributed by atoms with E-state index in [1.54, 1.807) is 11.7 Å². The fraction of sp³-hybridized carbons (Fsp3) is 0.486. The molecular weight excluding hydrogens is 630 g/mol. The van der Waals surface area contributed by atoms with Crippen molar-refractivity contribution >= 4 is 23.0 Å². The average molecular weight is 676 g/mol. The van der Waals surface area contributed by atoms with Crippen LogP contribution in [0.3, 0.4) is 0 Å². The van der Waals surface area contributed by atoms with Crippen molar-refractivity contribution < 1.29 is 28.5 Å².